The van der Waals surface area contributed by atoms with Crippen molar-refractivity contribution < 1.29 is 9.53 Å². The average Bonchev–Trinajstić information content (AvgIpc) is 3.05. The summed E-state index contributed by atoms with van der Waals surface area (Å²) in [6, 6.07) is 0.343. The molecule has 22 heavy (non-hydrogen) atoms. The molecule has 3 atom stereocenters. The Morgan fingerprint density at radius 1 is 1.55 bits per heavy atom. The number of ether oxygens (including phenoxy) is 1. The maximum Gasteiger partial charge on any atom is 0.317 e. The second kappa shape index (κ2) is 6.26. The Bertz CT molecular complexity index is 530. The summed E-state index contributed by atoms with van der Waals surface area (Å²) in [5.41, 5.74) is 0. The lowest BCUT2D eigenvalue weighted by molar-refractivity contribution is -0.0211. The summed E-state index contributed by atoms with van der Waals surface area (Å²) in [5, 5.41) is 3.09. The number of aromatic nitrogens is 2. The van der Waals surface area contributed by atoms with Gasteiger partial charge in [-0.05, 0) is 12.8 Å². The molecule has 0 radical (unpaired) electrons. The first kappa shape index (κ1) is 15.3. The van der Waals surface area contributed by atoms with E-state index in [-0.39, 0.29) is 18.2 Å². The van der Waals surface area contributed by atoms with Crippen LogP contribution in [0.1, 0.15) is 18.7 Å². The predicted molar refractivity (Wildman–Crippen MR) is 82.4 cm³/mol. The van der Waals surface area contributed by atoms with Crippen LogP contribution in [0.25, 0.3) is 0 Å². The molecule has 122 valence electrons. The highest BCUT2D eigenvalue weighted by atomic mass is 16.5. The third-order valence-electron chi connectivity index (χ3n) is 4.61. The summed E-state index contributed by atoms with van der Waals surface area (Å²) in [7, 11) is 5.53. The van der Waals surface area contributed by atoms with Gasteiger partial charge >= 0.3 is 6.03 Å². The first-order valence-electron chi connectivity index (χ1n) is 7.86. The standard InChI is InChI=1S/C15H25N5O2/c1-18(2)15(21)17-11-9-20(10-13-16-6-7-19(13)3)12-5-4-8-22-14(11)12/h6-7,11-12,14H,4-5,8-10H2,1-3H3,(H,17,21)/t11-,12+,14+/m1/s1. The zero-order chi connectivity index (χ0) is 15.7. The van der Waals surface area contributed by atoms with E-state index in [1.165, 1.54) is 0 Å². The van der Waals surface area contributed by atoms with Gasteiger partial charge in [-0.1, -0.05) is 0 Å². The SMILES string of the molecule is CN(C)C(=O)N[C@@H]1CN(Cc2nccn2C)[C@H]2CCCO[C@@H]12. The number of amides is 2. The van der Waals surface area contributed by atoms with Gasteiger partial charge in [0.15, 0.2) is 0 Å². The van der Waals surface area contributed by atoms with E-state index < -0.39 is 0 Å². The van der Waals surface area contributed by atoms with Crippen molar-refractivity contribution in [2.75, 3.05) is 27.2 Å². The molecule has 2 amide bonds. The number of fused-ring (bicyclic) bond motifs is 1. The van der Waals surface area contributed by atoms with Crippen molar-refractivity contribution >= 4 is 6.03 Å². The van der Waals surface area contributed by atoms with Gasteiger partial charge in [0.05, 0.1) is 18.7 Å². The van der Waals surface area contributed by atoms with Gasteiger partial charge in [-0.15, -0.1) is 0 Å². The number of likely N-dealkylation sites (tertiary alicyclic amines) is 1. The summed E-state index contributed by atoms with van der Waals surface area (Å²) in [5.74, 6) is 1.05. The Balaban J connectivity index is 1.71. The minimum absolute atomic E-state index is 0.0421. The van der Waals surface area contributed by atoms with Gasteiger partial charge in [0.25, 0.3) is 0 Å². The van der Waals surface area contributed by atoms with Crippen LogP contribution < -0.4 is 5.32 Å². The zero-order valence-corrected chi connectivity index (χ0v) is 13.5. The molecule has 2 aliphatic rings. The molecule has 0 aromatic carbocycles. The largest absolute Gasteiger partial charge is 0.374 e. The summed E-state index contributed by atoms with van der Waals surface area (Å²) in [4.78, 5) is 20.4. The van der Waals surface area contributed by atoms with Crippen LogP contribution in [0, 0.1) is 0 Å². The van der Waals surface area contributed by atoms with Gasteiger partial charge in [-0.25, -0.2) is 9.78 Å². The number of hydrogen-bond donors (Lipinski definition) is 1. The molecule has 0 saturated carbocycles. The van der Waals surface area contributed by atoms with Gasteiger partial charge < -0.3 is 19.5 Å². The molecule has 2 saturated heterocycles. The maximum atomic E-state index is 12.0. The van der Waals surface area contributed by atoms with Crippen LogP contribution in [-0.2, 0) is 18.3 Å². The molecule has 3 heterocycles. The van der Waals surface area contributed by atoms with Gasteiger partial charge in [0.2, 0.25) is 0 Å². The van der Waals surface area contributed by atoms with E-state index in [2.05, 4.69) is 15.2 Å². The molecule has 1 N–H and O–H groups in total. The number of carbonyl (C=O) groups is 1. The van der Waals surface area contributed by atoms with Crippen molar-refractivity contribution in [3.05, 3.63) is 18.2 Å². The van der Waals surface area contributed by atoms with Crippen LogP contribution in [0.5, 0.6) is 0 Å². The Hall–Kier alpha value is -1.60. The third-order valence-corrected chi connectivity index (χ3v) is 4.61. The Labute approximate surface area is 131 Å². The average molecular weight is 307 g/mol. The second-order valence-electron chi connectivity index (χ2n) is 6.38. The van der Waals surface area contributed by atoms with Gasteiger partial charge in [0.1, 0.15) is 5.82 Å². The molecule has 7 nitrogen and oxygen atoms in total. The smallest absolute Gasteiger partial charge is 0.317 e. The van der Waals surface area contributed by atoms with Crippen LogP contribution in [-0.4, -0.2) is 70.8 Å². The third kappa shape index (κ3) is 2.96. The van der Waals surface area contributed by atoms with Crippen molar-refractivity contribution in [3.63, 3.8) is 0 Å². The normalized spacial score (nSPS) is 28.4. The highest BCUT2D eigenvalue weighted by Gasteiger charge is 2.44. The van der Waals surface area contributed by atoms with E-state index in [0.29, 0.717) is 6.04 Å². The van der Waals surface area contributed by atoms with E-state index >= 15 is 0 Å². The molecule has 0 spiro atoms. The number of carbonyl (C=O) groups excluding carboxylic acids is 1. The molecular weight excluding hydrogens is 282 g/mol. The molecule has 7 heteroatoms. The first-order valence-corrected chi connectivity index (χ1v) is 7.86. The lowest BCUT2D eigenvalue weighted by atomic mass is 10.0. The Morgan fingerprint density at radius 3 is 3.05 bits per heavy atom. The second-order valence-corrected chi connectivity index (χ2v) is 6.38. The van der Waals surface area contributed by atoms with E-state index in [9.17, 15) is 4.79 Å². The van der Waals surface area contributed by atoms with Gasteiger partial charge in [-0.3, -0.25) is 4.90 Å². The van der Waals surface area contributed by atoms with Crippen LogP contribution in [0.15, 0.2) is 12.4 Å². The minimum atomic E-state index is -0.0586. The lowest BCUT2D eigenvalue weighted by Gasteiger charge is -2.32. The molecule has 0 aliphatic carbocycles. The zero-order valence-electron chi connectivity index (χ0n) is 13.5. The van der Waals surface area contributed by atoms with E-state index in [4.69, 9.17) is 4.74 Å². The molecule has 0 unspecified atom stereocenters. The van der Waals surface area contributed by atoms with Crippen LogP contribution >= 0.6 is 0 Å². The van der Waals surface area contributed by atoms with E-state index in [0.717, 1.165) is 38.4 Å². The van der Waals surface area contributed by atoms with Crippen molar-refractivity contribution in [2.45, 2.75) is 37.6 Å². The van der Waals surface area contributed by atoms with Crippen molar-refractivity contribution in [1.82, 2.24) is 24.7 Å². The predicted octanol–water partition coefficient (Wildman–Crippen LogP) is 0.423. The fourth-order valence-corrected chi connectivity index (χ4v) is 3.38. The summed E-state index contributed by atoms with van der Waals surface area (Å²) in [6.07, 6.45) is 6.06. The number of rotatable bonds is 3. The Kier molecular flexibility index (Phi) is 4.35. The number of nitrogens with one attached hydrogen (secondary N) is 1. The highest BCUT2D eigenvalue weighted by molar-refractivity contribution is 5.74. The fraction of sp³-hybridized carbons (Fsp3) is 0.733. The maximum absolute atomic E-state index is 12.0. The molecule has 3 rings (SSSR count). The van der Waals surface area contributed by atoms with Crippen molar-refractivity contribution in [2.24, 2.45) is 7.05 Å². The van der Waals surface area contributed by atoms with E-state index in [1.807, 2.05) is 24.0 Å². The topological polar surface area (TPSA) is 62.6 Å². The lowest BCUT2D eigenvalue weighted by Crippen LogP contribution is -2.50. The van der Waals surface area contributed by atoms with E-state index in [1.54, 1.807) is 19.0 Å². The molecule has 1 aromatic rings. The highest BCUT2D eigenvalue weighted by Crippen LogP contribution is 2.30. The summed E-state index contributed by atoms with van der Waals surface area (Å²) < 4.78 is 8.02. The Morgan fingerprint density at radius 2 is 2.36 bits per heavy atom. The first-order chi connectivity index (χ1) is 10.6. The van der Waals surface area contributed by atoms with Crippen LogP contribution in [0.3, 0.4) is 0 Å². The quantitative estimate of drug-likeness (QED) is 0.879. The summed E-state index contributed by atoms with van der Waals surface area (Å²) in [6.45, 7) is 2.38. The van der Waals surface area contributed by atoms with Crippen LogP contribution in [0.4, 0.5) is 4.79 Å². The van der Waals surface area contributed by atoms with Gasteiger partial charge in [-0.2, -0.15) is 0 Å². The van der Waals surface area contributed by atoms with Crippen LogP contribution in [0.2, 0.25) is 0 Å². The minimum Gasteiger partial charge on any atom is -0.374 e. The van der Waals surface area contributed by atoms with Crippen molar-refractivity contribution in [1.29, 1.82) is 0 Å². The summed E-state index contributed by atoms with van der Waals surface area (Å²) >= 11 is 0. The number of hydrogen-bond acceptors (Lipinski definition) is 4. The molecule has 1 aromatic heterocycles. The van der Waals surface area contributed by atoms with Crippen molar-refractivity contribution in [3.8, 4) is 0 Å². The van der Waals surface area contributed by atoms with Gasteiger partial charge in [0, 0.05) is 52.7 Å². The number of nitrogens with zero attached hydrogens (tertiary/aromatic N) is 4. The fourth-order valence-electron chi connectivity index (χ4n) is 3.38. The monoisotopic (exact) mass is 307 g/mol. The molecule has 2 aliphatic heterocycles. The number of imidazole rings is 1. The number of urea groups is 1. The molecule has 0 bridgehead atoms. The number of aryl methyl sites for hydroxylation is 1. The molecule has 2 fully saturated rings. The molecular formula is C15H25N5O2.